The Morgan fingerprint density at radius 2 is 2.50 bits per heavy atom. The summed E-state index contributed by atoms with van der Waals surface area (Å²) in [5, 5.41) is 15.0. The maximum Gasteiger partial charge on any atom is 0.337 e. The molecule has 0 aliphatic carbocycles. The van der Waals surface area contributed by atoms with Crippen LogP contribution in [0.25, 0.3) is 0 Å². The minimum atomic E-state index is -0.326. The molecule has 0 saturated heterocycles. The van der Waals surface area contributed by atoms with Gasteiger partial charge < -0.3 is 4.74 Å². The lowest BCUT2D eigenvalue weighted by Crippen LogP contribution is -2.12. The number of carbonyl (C=O) groups is 1. The summed E-state index contributed by atoms with van der Waals surface area (Å²) >= 11 is 0. The van der Waals surface area contributed by atoms with E-state index >= 15 is 0 Å². The second kappa shape index (κ2) is 4.43. The van der Waals surface area contributed by atoms with Gasteiger partial charge in [0, 0.05) is 6.20 Å². The molecule has 0 spiro atoms. The molecule has 8 nitrogen and oxygen atoms in total. The fraction of sp³-hybridized carbons (Fsp3) is 0.250. The predicted octanol–water partition coefficient (Wildman–Crippen LogP) is 0.179. The minimum absolute atomic E-state index is 0.199. The highest BCUT2D eigenvalue weighted by Crippen LogP contribution is 2.06. The van der Waals surface area contributed by atoms with E-state index in [0.717, 1.165) is 0 Å². The topological polar surface area (TPSA) is 109 Å². The van der Waals surface area contributed by atoms with E-state index in [1.165, 1.54) is 12.4 Å². The van der Waals surface area contributed by atoms with Gasteiger partial charge in [0.1, 0.15) is 0 Å². The van der Waals surface area contributed by atoms with Crippen LogP contribution in [0.2, 0.25) is 0 Å². The quantitative estimate of drug-likeness (QED) is 0.683. The van der Waals surface area contributed by atoms with Crippen molar-refractivity contribution in [1.82, 2.24) is 25.4 Å². The van der Waals surface area contributed by atoms with E-state index in [4.69, 9.17) is 4.74 Å². The fourth-order valence-electron chi connectivity index (χ4n) is 1.05. The largest absolute Gasteiger partial charge is 0.463 e. The second-order valence-corrected chi connectivity index (χ2v) is 2.84. The molecular formula is C8H10N6O2. The van der Waals surface area contributed by atoms with Crippen LogP contribution in [0.3, 0.4) is 0 Å². The third-order valence-corrected chi connectivity index (χ3v) is 1.73. The number of ether oxygens (including phenoxy) is 1. The maximum absolute atomic E-state index is 11.5. The van der Waals surface area contributed by atoms with Crippen LogP contribution in [0.4, 0.5) is 5.95 Å². The van der Waals surface area contributed by atoms with Crippen LogP contribution in [0.15, 0.2) is 12.4 Å². The summed E-state index contributed by atoms with van der Waals surface area (Å²) in [4.78, 5) is 15.4. The summed E-state index contributed by atoms with van der Waals surface area (Å²) in [6.45, 7) is 2.28. The highest BCUT2D eigenvalue weighted by atomic mass is 16.5. The van der Waals surface area contributed by atoms with Crippen LogP contribution in [0.1, 0.15) is 17.3 Å². The van der Waals surface area contributed by atoms with Crippen molar-refractivity contribution in [3.8, 4) is 6.01 Å². The molecule has 16 heavy (non-hydrogen) atoms. The lowest BCUT2D eigenvalue weighted by molar-refractivity contribution is 0.102. The molecule has 2 heterocycles. The first kappa shape index (κ1) is 10.1. The van der Waals surface area contributed by atoms with Crippen LogP contribution in [0, 0.1) is 0 Å². The lowest BCUT2D eigenvalue weighted by atomic mass is 10.3. The van der Waals surface area contributed by atoms with Crippen LogP contribution in [-0.2, 0) is 0 Å². The minimum Gasteiger partial charge on any atom is -0.463 e. The average molecular weight is 222 g/mol. The first-order valence-corrected chi connectivity index (χ1v) is 4.65. The summed E-state index contributed by atoms with van der Waals surface area (Å²) in [7, 11) is 0. The van der Waals surface area contributed by atoms with Crippen molar-refractivity contribution < 1.29 is 9.53 Å². The van der Waals surface area contributed by atoms with Gasteiger partial charge in [-0.2, -0.15) is 10.1 Å². The number of hydrogen-bond acceptors (Lipinski definition) is 5. The number of amides is 1. The average Bonchev–Trinajstić information content (AvgIpc) is 2.89. The van der Waals surface area contributed by atoms with E-state index in [0.29, 0.717) is 12.2 Å². The Bertz CT molecular complexity index is 463. The first-order chi connectivity index (χ1) is 7.79. The molecule has 0 aliphatic rings. The van der Waals surface area contributed by atoms with Gasteiger partial charge in [0.2, 0.25) is 5.95 Å². The summed E-state index contributed by atoms with van der Waals surface area (Å²) in [6, 6.07) is 0.199. The lowest BCUT2D eigenvalue weighted by Gasteiger charge is -1.96. The van der Waals surface area contributed by atoms with Crippen molar-refractivity contribution in [1.29, 1.82) is 0 Å². The smallest absolute Gasteiger partial charge is 0.337 e. The molecule has 0 radical (unpaired) electrons. The molecule has 1 amide bonds. The SMILES string of the molecule is CCOc1n[nH]c(NC(=O)c2cn[nH]c2)n1. The van der Waals surface area contributed by atoms with Crippen molar-refractivity contribution in [2.45, 2.75) is 6.92 Å². The van der Waals surface area contributed by atoms with E-state index in [2.05, 4.69) is 30.7 Å². The zero-order valence-corrected chi connectivity index (χ0v) is 8.52. The number of rotatable bonds is 4. The molecule has 0 bridgehead atoms. The number of anilines is 1. The molecule has 0 aliphatic heterocycles. The Balaban J connectivity index is 2.01. The van der Waals surface area contributed by atoms with Crippen molar-refractivity contribution in [2.75, 3.05) is 11.9 Å². The summed E-state index contributed by atoms with van der Waals surface area (Å²) in [6.07, 6.45) is 2.89. The zero-order valence-electron chi connectivity index (χ0n) is 8.52. The Hall–Kier alpha value is -2.38. The number of aromatic nitrogens is 5. The molecule has 0 unspecified atom stereocenters. The van der Waals surface area contributed by atoms with Gasteiger partial charge in [0.15, 0.2) is 0 Å². The van der Waals surface area contributed by atoms with E-state index in [9.17, 15) is 4.79 Å². The van der Waals surface area contributed by atoms with Gasteiger partial charge in [-0.3, -0.25) is 15.2 Å². The first-order valence-electron chi connectivity index (χ1n) is 4.65. The molecule has 0 aromatic carbocycles. The standard InChI is InChI=1S/C8H10N6O2/c1-2-16-8-12-7(13-14-8)11-6(15)5-3-9-10-4-5/h3-4H,2H2,1H3,(H,9,10)(H2,11,12,13,14,15). The van der Waals surface area contributed by atoms with Crippen molar-refractivity contribution in [3.63, 3.8) is 0 Å². The van der Waals surface area contributed by atoms with Crippen LogP contribution < -0.4 is 10.1 Å². The number of carbonyl (C=O) groups excluding carboxylic acids is 1. The Morgan fingerprint density at radius 1 is 1.62 bits per heavy atom. The number of aromatic amines is 2. The predicted molar refractivity (Wildman–Crippen MR) is 54.1 cm³/mol. The Labute approximate surface area is 90.4 Å². The molecule has 0 saturated carbocycles. The fourth-order valence-corrected chi connectivity index (χ4v) is 1.05. The van der Waals surface area contributed by atoms with Gasteiger partial charge in [-0.15, -0.1) is 5.10 Å². The Morgan fingerprint density at radius 3 is 3.19 bits per heavy atom. The molecule has 0 fully saturated rings. The van der Waals surface area contributed by atoms with E-state index in [-0.39, 0.29) is 17.9 Å². The number of H-pyrrole nitrogens is 2. The van der Waals surface area contributed by atoms with Crippen molar-refractivity contribution in [2.24, 2.45) is 0 Å². The maximum atomic E-state index is 11.5. The highest BCUT2D eigenvalue weighted by Gasteiger charge is 2.10. The van der Waals surface area contributed by atoms with E-state index in [1.807, 2.05) is 6.92 Å². The van der Waals surface area contributed by atoms with Gasteiger partial charge in [0.05, 0.1) is 18.4 Å². The number of hydrogen-bond donors (Lipinski definition) is 3. The summed E-state index contributed by atoms with van der Waals surface area (Å²) < 4.78 is 5.04. The van der Waals surface area contributed by atoms with Gasteiger partial charge in [0.25, 0.3) is 5.91 Å². The van der Waals surface area contributed by atoms with Gasteiger partial charge >= 0.3 is 6.01 Å². The molecule has 0 atom stereocenters. The molecule has 8 heteroatoms. The number of nitrogens with zero attached hydrogens (tertiary/aromatic N) is 3. The van der Waals surface area contributed by atoms with Crippen LogP contribution in [0.5, 0.6) is 6.01 Å². The summed E-state index contributed by atoms with van der Waals surface area (Å²) in [5.74, 6) is -0.0948. The normalized spacial score (nSPS) is 10.1. The molecule has 2 rings (SSSR count). The van der Waals surface area contributed by atoms with Gasteiger partial charge in [-0.25, -0.2) is 5.10 Å². The molecule has 84 valence electrons. The van der Waals surface area contributed by atoms with Crippen LogP contribution >= 0.6 is 0 Å². The van der Waals surface area contributed by atoms with Gasteiger partial charge in [-0.1, -0.05) is 0 Å². The van der Waals surface area contributed by atoms with Gasteiger partial charge in [-0.05, 0) is 6.92 Å². The molecule has 3 N–H and O–H groups in total. The Kier molecular flexibility index (Phi) is 2.81. The van der Waals surface area contributed by atoms with Crippen molar-refractivity contribution >= 4 is 11.9 Å². The molecule has 2 aromatic rings. The third-order valence-electron chi connectivity index (χ3n) is 1.73. The molecular weight excluding hydrogens is 212 g/mol. The van der Waals surface area contributed by atoms with E-state index in [1.54, 1.807) is 0 Å². The van der Waals surface area contributed by atoms with E-state index < -0.39 is 0 Å². The second-order valence-electron chi connectivity index (χ2n) is 2.84. The third kappa shape index (κ3) is 2.16. The summed E-state index contributed by atoms with van der Waals surface area (Å²) in [5.41, 5.74) is 0.411. The highest BCUT2D eigenvalue weighted by molar-refractivity contribution is 6.02. The zero-order chi connectivity index (χ0) is 11.4. The van der Waals surface area contributed by atoms with Crippen molar-refractivity contribution in [3.05, 3.63) is 18.0 Å². The molecule has 2 aromatic heterocycles. The monoisotopic (exact) mass is 222 g/mol. The number of nitrogens with one attached hydrogen (secondary N) is 3. The van der Waals surface area contributed by atoms with Crippen LogP contribution in [-0.4, -0.2) is 37.9 Å².